The summed E-state index contributed by atoms with van der Waals surface area (Å²) in [6.07, 6.45) is 0.679. The summed E-state index contributed by atoms with van der Waals surface area (Å²) in [6.45, 7) is 5.64. The molecule has 1 N–H and O–H groups in total. The molecule has 3 heterocycles. The Morgan fingerprint density at radius 2 is 2.04 bits per heavy atom. The summed E-state index contributed by atoms with van der Waals surface area (Å²) in [7, 11) is 0. The Hall–Kier alpha value is -3.13. The van der Waals surface area contributed by atoms with Crippen LogP contribution in [0, 0.1) is 20.8 Å². The number of carbonyl (C=O) groups excluding carboxylic acids is 1. The number of aromatic nitrogens is 4. The number of anilines is 1. The molecular formula is C19H17N5O2S. The summed E-state index contributed by atoms with van der Waals surface area (Å²) in [5.74, 6) is -0.282. The van der Waals surface area contributed by atoms with E-state index in [1.807, 2.05) is 6.07 Å². The van der Waals surface area contributed by atoms with Gasteiger partial charge < -0.3 is 4.52 Å². The second kappa shape index (κ2) is 6.88. The quantitative estimate of drug-likeness (QED) is 0.579. The van der Waals surface area contributed by atoms with Crippen molar-refractivity contribution in [3.8, 4) is 0 Å². The van der Waals surface area contributed by atoms with Crippen LogP contribution in [0.3, 0.4) is 0 Å². The van der Waals surface area contributed by atoms with Gasteiger partial charge >= 0.3 is 0 Å². The van der Waals surface area contributed by atoms with Gasteiger partial charge in [-0.05, 0) is 32.4 Å². The predicted molar refractivity (Wildman–Crippen MR) is 103 cm³/mol. The molecule has 3 aromatic heterocycles. The maximum Gasteiger partial charge on any atom is 0.258 e. The third-order valence-electron chi connectivity index (χ3n) is 4.11. The Morgan fingerprint density at radius 1 is 1.19 bits per heavy atom. The molecule has 0 saturated heterocycles. The molecule has 0 fully saturated rings. The van der Waals surface area contributed by atoms with E-state index in [1.165, 1.54) is 16.9 Å². The summed E-state index contributed by atoms with van der Waals surface area (Å²) >= 11 is 1.36. The molecule has 7 nitrogen and oxygen atoms in total. The number of aryl methyl sites for hydroxylation is 3. The second-order valence-electron chi connectivity index (χ2n) is 6.38. The van der Waals surface area contributed by atoms with Crippen LogP contribution in [0.15, 0.2) is 34.9 Å². The molecule has 1 aromatic carbocycles. The van der Waals surface area contributed by atoms with Gasteiger partial charge in [0.05, 0.1) is 16.6 Å². The third kappa shape index (κ3) is 3.56. The molecule has 0 bridgehead atoms. The normalized spacial score (nSPS) is 11.1. The number of benzene rings is 1. The van der Waals surface area contributed by atoms with Gasteiger partial charge in [-0.1, -0.05) is 46.3 Å². The fraction of sp³-hybridized carbons (Fsp3) is 0.211. The topological polar surface area (TPSA) is 93.8 Å². The molecule has 0 atom stereocenters. The molecule has 0 aliphatic heterocycles. The van der Waals surface area contributed by atoms with E-state index in [-0.39, 0.29) is 5.91 Å². The van der Waals surface area contributed by atoms with Crippen molar-refractivity contribution in [3.63, 3.8) is 0 Å². The lowest BCUT2D eigenvalue weighted by Crippen LogP contribution is -2.13. The van der Waals surface area contributed by atoms with Crippen molar-refractivity contribution in [1.82, 2.24) is 20.3 Å². The second-order valence-corrected chi connectivity index (χ2v) is 7.44. The van der Waals surface area contributed by atoms with Gasteiger partial charge in [0.2, 0.25) is 5.13 Å². The SMILES string of the molecule is Cc1cccc(Cc2nnc(NC(=O)c3cc(C)nc4onc(C)c34)s2)c1. The first-order chi connectivity index (χ1) is 13.0. The van der Waals surface area contributed by atoms with E-state index in [2.05, 4.69) is 50.8 Å². The van der Waals surface area contributed by atoms with Gasteiger partial charge in [-0.3, -0.25) is 10.1 Å². The fourth-order valence-corrected chi connectivity index (χ4v) is 3.70. The van der Waals surface area contributed by atoms with E-state index >= 15 is 0 Å². The first-order valence-electron chi connectivity index (χ1n) is 8.42. The fourth-order valence-electron chi connectivity index (χ4n) is 2.93. The molecule has 0 unspecified atom stereocenters. The molecular weight excluding hydrogens is 362 g/mol. The summed E-state index contributed by atoms with van der Waals surface area (Å²) < 4.78 is 5.18. The van der Waals surface area contributed by atoms with Gasteiger partial charge in [0, 0.05) is 12.1 Å². The Morgan fingerprint density at radius 3 is 2.85 bits per heavy atom. The highest BCUT2D eigenvalue weighted by molar-refractivity contribution is 7.15. The van der Waals surface area contributed by atoms with Crippen LogP contribution < -0.4 is 5.32 Å². The smallest absolute Gasteiger partial charge is 0.258 e. The van der Waals surface area contributed by atoms with E-state index in [0.29, 0.717) is 39.6 Å². The van der Waals surface area contributed by atoms with Gasteiger partial charge in [-0.2, -0.15) is 0 Å². The molecule has 4 rings (SSSR count). The van der Waals surface area contributed by atoms with Crippen LogP contribution in [0.1, 0.15) is 37.9 Å². The highest BCUT2D eigenvalue weighted by Gasteiger charge is 2.19. The van der Waals surface area contributed by atoms with Crippen molar-refractivity contribution in [2.45, 2.75) is 27.2 Å². The number of amides is 1. The predicted octanol–water partition coefficient (Wildman–Crippen LogP) is 3.84. The minimum atomic E-state index is -0.282. The van der Waals surface area contributed by atoms with Gasteiger partial charge in [-0.15, -0.1) is 10.2 Å². The molecule has 0 spiro atoms. The zero-order chi connectivity index (χ0) is 19.0. The van der Waals surface area contributed by atoms with Gasteiger partial charge in [0.25, 0.3) is 11.6 Å². The van der Waals surface area contributed by atoms with Crippen LogP contribution in [0.2, 0.25) is 0 Å². The molecule has 4 aromatic rings. The standard InChI is InChI=1S/C19H17N5O2S/c1-10-5-4-6-13(7-10)9-15-22-23-19(27-15)21-17(25)14-8-11(2)20-18-16(14)12(3)24-26-18/h4-8H,9H2,1-3H3,(H,21,23,25). The summed E-state index contributed by atoms with van der Waals surface area (Å²) in [5, 5.41) is 16.9. The lowest BCUT2D eigenvalue weighted by atomic mass is 10.1. The Bertz CT molecular complexity index is 1150. The Kier molecular flexibility index (Phi) is 4.41. The van der Waals surface area contributed by atoms with E-state index < -0.39 is 0 Å². The van der Waals surface area contributed by atoms with Crippen LogP contribution in [-0.4, -0.2) is 26.2 Å². The first-order valence-corrected chi connectivity index (χ1v) is 9.24. The molecule has 1 amide bonds. The number of hydrogen-bond donors (Lipinski definition) is 1. The Balaban J connectivity index is 1.56. The number of nitrogens with one attached hydrogen (secondary N) is 1. The number of nitrogens with zero attached hydrogens (tertiary/aromatic N) is 4. The number of hydrogen-bond acceptors (Lipinski definition) is 7. The van der Waals surface area contributed by atoms with Gasteiger partial charge in [-0.25, -0.2) is 4.98 Å². The van der Waals surface area contributed by atoms with Crippen LogP contribution in [0.25, 0.3) is 11.1 Å². The molecule has 27 heavy (non-hydrogen) atoms. The molecule has 0 saturated carbocycles. The van der Waals surface area contributed by atoms with Crippen molar-refractivity contribution in [2.24, 2.45) is 0 Å². The van der Waals surface area contributed by atoms with E-state index in [9.17, 15) is 4.79 Å². The number of fused-ring (bicyclic) bond motifs is 1. The van der Waals surface area contributed by atoms with Gasteiger partial charge in [0.1, 0.15) is 5.01 Å². The van der Waals surface area contributed by atoms with E-state index in [0.717, 1.165) is 10.6 Å². The van der Waals surface area contributed by atoms with E-state index in [1.54, 1.807) is 19.9 Å². The zero-order valence-corrected chi connectivity index (χ0v) is 15.9. The summed E-state index contributed by atoms with van der Waals surface area (Å²) in [4.78, 5) is 17.0. The number of carbonyl (C=O) groups is 1. The van der Waals surface area contributed by atoms with Crippen LogP contribution in [0.4, 0.5) is 5.13 Å². The van der Waals surface area contributed by atoms with Crippen LogP contribution in [-0.2, 0) is 6.42 Å². The number of pyridine rings is 1. The van der Waals surface area contributed by atoms with E-state index in [4.69, 9.17) is 4.52 Å². The average molecular weight is 379 g/mol. The average Bonchev–Trinajstić information content (AvgIpc) is 3.21. The van der Waals surface area contributed by atoms with Crippen LogP contribution >= 0.6 is 11.3 Å². The highest BCUT2D eigenvalue weighted by atomic mass is 32.1. The molecule has 0 aliphatic rings. The van der Waals surface area contributed by atoms with Crippen molar-refractivity contribution in [2.75, 3.05) is 5.32 Å². The van der Waals surface area contributed by atoms with Crippen molar-refractivity contribution >= 4 is 33.5 Å². The first kappa shape index (κ1) is 17.3. The lowest BCUT2D eigenvalue weighted by Gasteiger charge is -2.03. The lowest BCUT2D eigenvalue weighted by molar-refractivity contribution is 0.102. The zero-order valence-electron chi connectivity index (χ0n) is 15.1. The third-order valence-corrected chi connectivity index (χ3v) is 4.95. The number of rotatable bonds is 4. The minimum Gasteiger partial charge on any atom is -0.336 e. The van der Waals surface area contributed by atoms with Gasteiger partial charge in [0.15, 0.2) is 0 Å². The van der Waals surface area contributed by atoms with Crippen molar-refractivity contribution in [3.05, 3.63) is 63.4 Å². The highest BCUT2D eigenvalue weighted by Crippen LogP contribution is 2.24. The minimum absolute atomic E-state index is 0.282. The van der Waals surface area contributed by atoms with Crippen LogP contribution in [0.5, 0.6) is 0 Å². The summed E-state index contributed by atoms with van der Waals surface area (Å²) in [5.41, 5.74) is 4.49. The maximum absolute atomic E-state index is 12.8. The molecule has 8 heteroatoms. The molecule has 0 radical (unpaired) electrons. The molecule has 136 valence electrons. The largest absolute Gasteiger partial charge is 0.336 e. The van der Waals surface area contributed by atoms with Crippen molar-refractivity contribution < 1.29 is 9.32 Å². The summed E-state index contributed by atoms with van der Waals surface area (Å²) in [6, 6.07) is 9.96. The Labute approximate surface area is 159 Å². The maximum atomic E-state index is 12.8. The molecule has 0 aliphatic carbocycles. The van der Waals surface area contributed by atoms with Crippen molar-refractivity contribution in [1.29, 1.82) is 0 Å². The monoisotopic (exact) mass is 379 g/mol.